The highest BCUT2D eigenvalue weighted by molar-refractivity contribution is 9.10. The summed E-state index contributed by atoms with van der Waals surface area (Å²) >= 11 is 3.45. The average molecular weight is 352 g/mol. The van der Waals surface area contributed by atoms with Gasteiger partial charge in [-0.2, -0.15) is 0 Å². The Morgan fingerprint density at radius 3 is 2.95 bits per heavy atom. The third-order valence-corrected chi connectivity index (χ3v) is 4.24. The molecule has 0 saturated carbocycles. The number of halogens is 1. The van der Waals surface area contributed by atoms with Crippen LogP contribution in [0.5, 0.6) is 0 Å². The van der Waals surface area contributed by atoms with Gasteiger partial charge in [-0.05, 0) is 41.0 Å². The molecule has 3 rings (SSSR count). The van der Waals surface area contributed by atoms with Gasteiger partial charge in [0.25, 0.3) is 0 Å². The van der Waals surface area contributed by atoms with E-state index in [0.29, 0.717) is 31.3 Å². The molecule has 0 amide bonds. The van der Waals surface area contributed by atoms with Crippen molar-refractivity contribution < 1.29 is 14.3 Å². The molecule has 1 aromatic carbocycles. The van der Waals surface area contributed by atoms with Crippen molar-refractivity contribution >= 4 is 21.9 Å². The number of rotatable bonds is 4. The SMILES string of the molecule is O=C(O)C1CCN(Cc2nnc(-c3ccccc3Br)o2)C1. The second-order valence-corrected chi connectivity index (χ2v) is 5.89. The quantitative estimate of drug-likeness (QED) is 0.910. The molecule has 1 aliphatic rings. The number of carbonyl (C=O) groups is 1. The fourth-order valence-corrected chi connectivity index (χ4v) is 2.88. The third-order valence-electron chi connectivity index (χ3n) is 3.55. The van der Waals surface area contributed by atoms with Crippen LogP contribution in [0.15, 0.2) is 33.2 Å². The highest BCUT2D eigenvalue weighted by Gasteiger charge is 2.28. The molecule has 0 spiro atoms. The summed E-state index contributed by atoms with van der Waals surface area (Å²) < 4.78 is 6.56. The fourth-order valence-electron chi connectivity index (χ4n) is 2.43. The van der Waals surface area contributed by atoms with Crippen molar-refractivity contribution in [1.29, 1.82) is 0 Å². The smallest absolute Gasteiger partial charge is 0.307 e. The molecule has 1 unspecified atom stereocenters. The molecule has 1 aliphatic heterocycles. The van der Waals surface area contributed by atoms with Crippen molar-refractivity contribution in [3.05, 3.63) is 34.6 Å². The minimum Gasteiger partial charge on any atom is -0.481 e. The van der Waals surface area contributed by atoms with Crippen LogP contribution in [0, 0.1) is 5.92 Å². The average Bonchev–Trinajstić information content (AvgIpc) is 3.09. The zero-order chi connectivity index (χ0) is 14.8. The Kier molecular flexibility index (Phi) is 4.03. The number of aliphatic carboxylic acids is 1. The van der Waals surface area contributed by atoms with E-state index < -0.39 is 5.97 Å². The summed E-state index contributed by atoms with van der Waals surface area (Å²) in [4.78, 5) is 13.0. The van der Waals surface area contributed by atoms with Gasteiger partial charge in [0.15, 0.2) is 0 Å². The molecule has 110 valence electrons. The maximum atomic E-state index is 10.9. The van der Waals surface area contributed by atoms with Gasteiger partial charge in [0, 0.05) is 11.0 Å². The van der Waals surface area contributed by atoms with Gasteiger partial charge in [-0.25, -0.2) is 0 Å². The Balaban J connectivity index is 1.69. The molecule has 1 atom stereocenters. The standard InChI is InChI=1S/C14H14BrN3O3/c15-11-4-2-1-3-10(11)13-17-16-12(21-13)8-18-6-5-9(7-18)14(19)20/h1-4,9H,5-8H2,(H,19,20). The number of nitrogens with zero attached hydrogens (tertiary/aromatic N) is 3. The first kappa shape index (κ1) is 14.2. The van der Waals surface area contributed by atoms with E-state index in [1.54, 1.807) is 0 Å². The number of carboxylic acids is 1. The van der Waals surface area contributed by atoms with Crippen LogP contribution in [0.25, 0.3) is 11.5 Å². The Hall–Kier alpha value is -1.73. The summed E-state index contributed by atoms with van der Waals surface area (Å²) in [6, 6.07) is 7.64. The van der Waals surface area contributed by atoms with Crippen molar-refractivity contribution in [1.82, 2.24) is 15.1 Å². The number of carboxylic acid groups (broad SMARTS) is 1. The monoisotopic (exact) mass is 351 g/mol. The van der Waals surface area contributed by atoms with E-state index in [2.05, 4.69) is 26.1 Å². The Morgan fingerprint density at radius 2 is 2.24 bits per heavy atom. The van der Waals surface area contributed by atoms with Gasteiger partial charge in [-0.1, -0.05) is 12.1 Å². The van der Waals surface area contributed by atoms with E-state index in [-0.39, 0.29) is 5.92 Å². The molecule has 2 aromatic rings. The second kappa shape index (κ2) is 5.95. The van der Waals surface area contributed by atoms with E-state index >= 15 is 0 Å². The largest absolute Gasteiger partial charge is 0.481 e. The van der Waals surface area contributed by atoms with Gasteiger partial charge >= 0.3 is 5.97 Å². The maximum Gasteiger partial charge on any atom is 0.307 e. The van der Waals surface area contributed by atoms with Crippen LogP contribution < -0.4 is 0 Å². The van der Waals surface area contributed by atoms with Crippen LogP contribution in [-0.2, 0) is 11.3 Å². The molecular formula is C14H14BrN3O3. The number of hydrogen-bond acceptors (Lipinski definition) is 5. The van der Waals surface area contributed by atoms with Crippen LogP contribution in [0.4, 0.5) is 0 Å². The third kappa shape index (κ3) is 3.14. The Morgan fingerprint density at radius 1 is 1.43 bits per heavy atom. The zero-order valence-electron chi connectivity index (χ0n) is 11.2. The van der Waals surface area contributed by atoms with Crippen molar-refractivity contribution in [3.63, 3.8) is 0 Å². The summed E-state index contributed by atoms with van der Waals surface area (Å²) in [5.41, 5.74) is 0.848. The molecule has 7 heteroatoms. The molecule has 0 aliphatic carbocycles. The first-order chi connectivity index (χ1) is 10.1. The molecule has 2 heterocycles. The summed E-state index contributed by atoms with van der Waals surface area (Å²) in [7, 11) is 0. The van der Waals surface area contributed by atoms with Crippen LogP contribution in [0.1, 0.15) is 12.3 Å². The zero-order valence-corrected chi connectivity index (χ0v) is 12.8. The van der Waals surface area contributed by atoms with Crippen molar-refractivity contribution in [3.8, 4) is 11.5 Å². The molecule has 6 nitrogen and oxygen atoms in total. The molecule has 0 radical (unpaired) electrons. The lowest BCUT2D eigenvalue weighted by Gasteiger charge is -2.11. The molecule has 0 bridgehead atoms. The first-order valence-corrected chi connectivity index (χ1v) is 7.45. The van der Waals surface area contributed by atoms with Gasteiger partial charge < -0.3 is 9.52 Å². The predicted molar refractivity (Wildman–Crippen MR) is 78.5 cm³/mol. The van der Waals surface area contributed by atoms with Crippen LogP contribution in [-0.4, -0.2) is 39.3 Å². The van der Waals surface area contributed by atoms with E-state index in [1.807, 2.05) is 29.2 Å². The van der Waals surface area contributed by atoms with Crippen molar-refractivity contribution in [2.24, 2.45) is 5.92 Å². The predicted octanol–water partition coefficient (Wildman–Crippen LogP) is 2.41. The number of likely N-dealkylation sites (tertiary alicyclic amines) is 1. The number of benzene rings is 1. The van der Waals surface area contributed by atoms with Gasteiger partial charge in [-0.3, -0.25) is 9.69 Å². The maximum absolute atomic E-state index is 10.9. The van der Waals surface area contributed by atoms with Crippen LogP contribution in [0.3, 0.4) is 0 Å². The molecule has 1 fully saturated rings. The lowest BCUT2D eigenvalue weighted by Crippen LogP contribution is -2.22. The van der Waals surface area contributed by atoms with Gasteiger partial charge in [0.1, 0.15) is 0 Å². The van der Waals surface area contributed by atoms with Crippen LogP contribution in [0.2, 0.25) is 0 Å². The van der Waals surface area contributed by atoms with E-state index in [1.165, 1.54) is 0 Å². The van der Waals surface area contributed by atoms with Crippen molar-refractivity contribution in [2.45, 2.75) is 13.0 Å². The van der Waals surface area contributed by atoms with Gasteiger partial charge in [0.2, 0.25) is 11.8 Å². The Labute approximate surface area is 129 Å². The summed E-state index contributed by atoms with van der Waals surface area (Å²) in [5.74, 6) is -0.0640. The summed E-state index contributed by atoms with van der Waals surface area (Å²) in [5, 5.41) is 17.1. The lowest BCUT2D eigenvalue weighted by molar-refractivity contribution is -0.141. The van der Waals surface area contributed by atoms with Gasteiger partial charge in [0.05, 0.1) is 18.0 Å². The van der Waals surface area contributed by atoms with Gasteiger partial charge in [-0.15, -0.1) is 10.2 Å². The normalized spacial score (nSPS) is 19.0. The molecule has 1 saturated heterocycles. The molecular weight excluding hydrogens is 338 g/mol. The van der Waals surface area contributed by atoms with E-state index in [4.69, 9.17) is 9.52 Å². The highest BCUT2D eigenvalue weighted by Crippen LogP contribution is 2.27. The molecule has 1 N–H and O–H groups in total. The lowest BCUT2D eigenvalue weighted by atomic mass is 10.1. The fraction of sp³-hybridized carbons (Fsp3) is 0.357. The minimum atomic E-state index is -0.739. The summed E-state index contributed by atoms with van der Waals surface area (Å²) in [6.45, 7) is 1.76. The summed E-state index contributed by atoms with van der Waals surface area (Å²) in [6.07, 6.45) is 0.667. The van der Waals surface area contributed by atoms with Crippen molar-refractivity contribution in [2.75, 3.05) is 13.1 Å². The van der Waals surface area contributed by atoms with E-state index in [9.17, 15) is 4.79 Å². The first-order valence-electron chi connectivity index (χ1n) is 6.66. The molecule has 1 aromatic heterocycles. The highest BCUT2D eigenvalue weighted by atomic mass is 79.9. The Bertz CT molecular complexity index is 658. The number of aromatic nitrogens is 2. The molecule has 21 heavy (non-hydrogen) atoms. The van der Waals surface area contributed by atoms with Crippen LogP contribution >= 0.6 is 15.9 Å². The van der Waals surface area contributed by atoms with E-state index in [0.717, 1.165) is 16.6 Å². The minimum absolute atomic E-state index is 0.296. The topological polar surface area (TPSA) is 79.5 Å². The number of hydrogen-bond donors (Lipinski definition) is 1. The second-order valence-electron chi connectivity index (χ2n) is 5.04.